The number of rotatable bonds is 6. The van der Waals surface area contributed by atoms with Crippen LogP contribution < -0.4 is 5.32 Å². The molecule has 4 rings (SSSR count). The maximum absolute atomic E-state index is 12.8. The van der Waals surface area contributed by atoms with Crippen molar-refractivity contribution in [3.63, 3.8) is 0 Å². The summed E-state index contributed by atoms with van der Waals surface area (Å²) in [6.45, 7) is 0.372. The lowest BCUT2D eigenvalue weighted by Gasteiger charge is -2.07. The van der Waals surface area contributed by atoms with Gasteiger partial charge in [0.1, 0.15) is 0 Å². The van der Waals surface area contributed by atoms with Crippen LogP contribution in [0.5, 0.6) is 0 Å². The Labute approximate surface area is 182 Å². The van der Waals surface area contributed by atoms with Crippen LogP contribution in [0.1, 0.15) is 15.9 Å². The topological polar surface area (TPSA) is 73.0 Å². The van der Waals surface area contributed by atoms with E-state index in [9.17, 15) is 4.79 Å². The van der Waals surface area contributed by atoms with Crippen LogP contribution in [0, 0.1) is 0 Å². The number of halogens is 2. The van der Waals surface area contributed by atoms with E-state index in [2.05, 4.69) is 15.4 Å². The first-order chi connectivity index (χ1) is 14.6. The monoisotopic (exact) mass is 438 g/mol. The molecular formula is C22H16Cl2N4O2. The lowest BCUT2D eigenvalue weighted by atomic mass is 10.2. The van der Waals surface area contributed by atoms with E-state index in [0.29, 0.717) is 28.2 Å². The predicted octanol–water partition coefficient (Wildman–Crippen LogP) is 5.81. The minimum Gasteiger partial charge on any atom is -0.461 e. The SMILES string of the molecule is O=C(C=Cc1ccccc1Cl)n1nc(-c2ccco2)nc1NCc1ccccc1Cl. The molecule has 0 aliphatic heterocycles. The van der Waals surface area contributed by atoms with E-state index in [4.69, 9.17) is 27.6 Å². The number of furan rings is 1. The van der Waals surface area contributed by atoms with Crippen molar-refractivity contribution in [2.45, 2.75) is 6.54 Å². The molecule has 0 radical (unpaired) electrons. The number of hydrogen-bond acceptors (Lipinski definition) is 5. The molecule has 0 saturated heterocycles. The minimum atomic E-state index is -0.387. The Morgan fingerprint density at radius 1 is 1.03 bits per heavy atom. The summed E-state index contributed by atoms with van der Waals surface area (Å²) in [6, 6.07) is 18.1. The molecule has 0 bridgehead atoms. The second-order valence-corrected chi connectivity index (χ2v) is 7.10. The number of nitrogens with zero attached hydrogens (tertiary/aromatic N) is 3. The number of benzene rings is 2. The van der Waals surface area contributed by atoms with Crippen molar-refractivity contribution in [2.75, 3.05) is 5.32 Å². The summed E-state index contributed by atoms with van der Waals surface area (Å²) < 4.78 is 6.54. The van der Waals surface area contributed by atoms with Gasteiger partial charge in [-0.15, -0.1) is 5.10 Å². The summed E-state index contributed by atoms with van der Waals surface area (Å²) >= 11 is 12.4. The Balaban J connectivity index is 1.62. The second-order valence-electron chi connectivity index (χ2n) is 6.29. The molecule has 6 nitrogen and oxygen atoms in total. The van der Waals surface area contributed by atoms with Crippen LogP contribution in [0.15, 0.2) is 77.4 Å². The van der Waals surface area contributed by atoms with Crippen molar-refractivity contribution >= 4 is 41.1 Å². The largest absolute Gasteiger partial charge is 0.461 e. The van der Waals surface area contributed by atoms with Gasteiger partial charge in [-0.25, -0.2) is 0 Å². The van der Waals surface area contributed by atoms with Crippen LogP contribution in [-0.4, -0.2) is 20.7 Å². The quantitative estimate of drug-likeness (QED) is 0.384. The van der Waals surface area contributed by atoms with Gasteiger partial charge in [-0.3, -0.25) is 4.79 Å². The smallest absolute Gasteiger partial charge is 0.274 e. The van der Waals surface area contributed by atoms with Crippen LogP contribution in [0.3, 0.4) is 0 Å². The van der Waals surface area contributed by atoms with Crippen molar-refractivity contribution in [1.29, 1.82) is 0 Å². The Kier molecular flexibility index (Phi) is 5.97. The standard InChI is InChI=1S/C22H16Cl2N4O2/c23-17-8-3-1-6-15(17)11-12-20(29)28-22(25-14-16-7-2-4-9-18(16)24)26-21(27-28)19-10-5-13-30-19/h1-13H,14H2,(H,25,26,27). The number of nitrogens with one attached hydrogen (secondary N) is 1. The van der Waals surface area contributed by atoms with Crippen LogP contribution in [0.4, 0.5) is 5.95 Å². The molecule has 2 heterocycles. The highest BCUT2D eigenvalue weighted by molar-refractivity contribution is 6.32. The highest BCUT2D eigenvalue weighted by atomic mass is 35.5. The van der Waals surface area contributed by atoms with Gasteiger partial charge in [0.05, 0.1) is 6.26 Å². The average Bonchev–Trinajstić information content (AvgIpc) is 3.42. The molecule has 0 aliphatic rings. The summed E-state index contributed by atoms with van der Waals surface area (Å²) in [5.74, 6) is 0.635. The van der Waals surface area contributed by atoms with E-state index in [-0.39, 0.29) is 11.9 Å². The lowest BCUT2D eigenvalue weighted by Crippen LogP contribution is -2.14. The highest BCUT2D eigenvalue weighted by Gasteiger charge is 2.17. The minimum absolute atomic E-state index is 0.273. The number of carbonyl (C=O) groups is 1. The maximum Gasteiger partial charge on any atom is 0.274 e. The number of anilines is 1. The summed E-state index contributed by atoms with van der Waals surface area (Å²) in [5, 5.41) is 8.60. The number of aromatic nitrogens is 3. The Bertz CT molecular complexity index is 1200. The fourth-order valence-corrected chi connectivity index (χ4v) is 3.15. The van der Waals surface area contributed by atoms with Crippen LogP contribution in [0.25, 0.3) is 17.7 Å². The molecule has 150 valence electrons. The molecule has 0 spiro atoms. The maximum atomic E-state index is 12.8. The first-order valence-corrected chi connectivity index (χ1v) is 9.82. The van der Waals surface area contributed by atoms with Crippen molar-refractivity contribution in [1.82, 2.24) is 14.8 Å². The molecule has 0 unspecified atom stereocenters. The second kappa shape index (κ2) is 8.98. The van der Waals surface area contributed by atoms with E-state index in [1.165, 1.54) is 17.0 Å². The summed E-state index contributed by atoms with van der Waals surface area (Å²) in [6.07, 6.45) is 4.55. The zero-order valence-electron chi connectivity index (χ0n) is 15.6. The summed E-state index contributed by atoms with van der Waals surface area (Å²) in [7, 11) is 0. The fraction of sp³-hybridized carbons (Fsp3) is 0.0455. The fourth-order valence-electron chi connectivity index (χ4n) is 2.75. The Morgan fingerprint density at radius 2 is 1.80 bits per heavy atom. The number of carbonyl (C=O) groups excluding carboxylic acids is 1. The molecule has 8 heteroatoms. The third-order valence-electron chi connectivity index (χ3n) is 4.26. The van der Waals surface area contributed by atoms with Gasteiger partial charge in [-0.1, -0.05) is 59.6 Å². The van der Waals surface area contributed by atoms with Crippen LogP contribution in [0.2, 0.25) is 10.0 Å². The zero-order valence-corrected chi connectivity index (χ0v) is 17.1. The van der Waals surface area contributed by atoms with E-state index < -0.39 is 0 Å². The van der Waals surface area contributed by atoms with Gasteiger partial charge in [-0.05, 0) is 41.5 Å². The van der Waals surface area contributed by atoms with Crippen LogP contribution >= 0.6 is 23.2 Å². The van der Waals surface area contributed by atoms with Gasteiger partial charge in [-0.2, -0.15) is 9.67 Å². The van der Waals surface area contributed by atoms with Gasteiger partial charge in [0.15, 0.2) is 5.76 Å². The number of allylic oxidation sites excluding steroid dienone is 1. The van der Waals surface area contributed by atoms with Gasteiger partial charge < -0.3 is 9.73 Å². The molecule has 2 aromatic carbocycles. The van der Waals surface area contributed by atoms with Crippen molar-refractivity contribution in [2.24, 2.45) is 0 Å². The normalized spacial score (nSPS) is 11.1. The summed E-state index contributed by atoms with van der Waals surface area (Å²) in [5.41, 5.74) is 1.59. The molecule has 0 saturated carbocycles. The van der Waals surface area contributed by atoms with Crippen molar-refractivity contribution in [3.8, 4) is 11.6 Å². The molecule has 4 aromatic rings. The predicted molar refractivity (Wildman–Crippen MR) is 118 cm³/mol. The third-order valence-corrected chi connectivity index (χ3v) is 4.98. The average molecular weight is 439 g/mol. The number of hydrogen-bond donors (Lipinski definition) is 1. The molecule has 0 aliphatic carbocycles. The first kappa shape index (κ1) is 19.9. The van der Waals surface area contributed by atoms with Gasteiger partial charge >= 0.3 is 0 Å². The highest BCUT2D eigenvalue weighted by Crippen LogP contribution is 2.21. The van der Waals surface area contributed by atoms with E-state index >= 15 is 0 Å². The van der Waals surface area contributed by atoms with E-state index in [1.54, 1.807) is 30.3 Å². The molecule has 30 heavy (non-hydrogen) atoms. The first-order valence-electron chi connectivity index (χ1n) is 9.07. The van der Waals surface area contributed by atoms with E-state index in [1.807, 2.05) is 36.4 Å². The van der Waals surface area contributed by atoms with Gasteiger partial charge in [0.2, 0.25) is 11.8 Å². The van der Waals surface area contributed by atoms with Gasteiger partial charge in [0.25, 0.3) is 5.91 Å². The molecule has 0 atom stereocenters. The van der Waals surface area contributed by atoms with Gasteiger partial charge in [0, 0.05) is 22.7 Å². The Hall–Kier alpha value is -3.35. The summed E-state index contributed by atoms with van der Waals surface area (Å²) in [4.78, 5) is 17.3. The third kappa shape index (κ3) is 4.45. The zero-order chi connectivity index (χ0) is 20.9. The molecular weight excluding hydrogens is 423 g/mol. The molecule has 1 N–H and O–H groups in total. The Morgan fingerprint density at radius 3 is 2.53 bits per heavy atom. The van der Waals surface area contributed by atoms with Crippen LogP contribution in [-0.2, 0) is 6.54 Å². The lowest BCUT2D eigenvalue weighted by molar-refractivity contribution is 0.0957. The van der Waals surface area contributed by atoms with Crippen molar-refractivity contribution in [3.05, 3.63) is 94.2 Å². The van der Waals surface area contributed by atoms with Crippen molar-refractivity contribution < 1.29 is 9.21 Å². The molecule has 0 fully saturated rings. The molecule has 0 amide bonds. The molecule has 2 aromatic heterocycles. The van der Waals surface area contributed by atoms with E-state index in [0.717, 1.165) is 11.1 Å².